The average molecular weight is 591 g/mol. The first-order valence-electron chi connectivity index (χ1n) is 14.4. The summed E-state index contributed by atoms with van der Waals surface area (Å²) in [5.74, 6) is 0.944. The number of hydrogen-bond donors (Lipinski definition) is 2. The molecule has 2 saturated heterocycles. The summed E-state index contributed by atoms with van der Waals surface area (Å²) in [5, 5.41) is 5.63. The molecule has 1 unspecified atom stereocenters. The molecular weight excluding hydrogens is 552 g/mol. The third-order valence-electron chi connectivity index (χ3n) is 7.08. The molecule has 13 heteroatoms. The number of likely N-dealkylation sites (N-methyl/N-ethyl adjacent to an activating group) is 2. The van der Waals surface area contributed by atoms with Gasteiger partial charge >= 0.3 is 12.0 Å². The molecule has 2 N–H and O–H groups in total. The van der Waals surface area contributed by atoms with E-state index in [1.54, 1.807) is 48.3 Å². The van der Waals surface area contributed by atoms with E-state index >= 15 is 0 Å². The number of nitrogens with one attached hydrogen (secondary N) is 2. The van der Waals surface area contributed by atoms with Crippen LogP contribution in [-0.4, -0.2) is 117 Å². The van der Waals surface area contributed by atoms with Crippen molar-refractivity contribution in [3.05, 3.63) is 54.1 Å². The van der Waals surface area contributed by atoms with Crippen molar-refractivity contribution in [3.63, 3.8) is 0 Å². The number of aromatic nitrogens is 3. The number of hydrogen-bond acceptors (Lipinski definition) is 10. The largest absolute Gasteiger partial charge is 0.457 e. The van der Waals surface area contributed by atoms with Crippen molar-refractivity contribution in [1.82, 2.24) is 24.8 Å². The molecule has 0 radical (unpaired) electrons. The number of urea groups is 1. The topological polar surface area (TPSA) is 134 Å². The van der Waals surface area contributed by atoms with Crippen molar-refractivity contribution < 1.29 is 23.8 Å². The van der Waals surface area contributed by atoms with Crippen LogP contribution in [0.15, 0.2) is 48.5 Å². The van der Waals surface area contributed by atoms with Crippen molar-refractivity contribution in [3.8, 4) is 17.4 Å². The molecule has 0 aliphatic carbocycles. The van der Waals surface area contributed by atoms with E-state index in [4.69, 9.17) is 19.2 Å². The Labute approximate surface area is 251 Å². The Balaban J connectivity index is 1.21. The van der Waals surface area contributed by atoms with E-state index in [9.17, 15) is 9.59 Å². The third kappa shape index (κ3) is 8.37. The van der Waals surface area contributed by atoms with Crippen LogP contribution >= 0.6 is 0 Å². The van der Waals surface area contributed by atoms with Gasteiger partial charge in [-0.2, -0.15) is 15.0 Å². The first-order chi connectivity index (χ1) is 20.8. The van der Waals surface area contributed by atoms with Crippen LogP contribution in [0.25, 0.3) is 11.4 Å². The predicted molar refractivity (Wildman–Crippen MR) is 163 cm³/mol. The molecule has 3 heterocycles. The van der Waals surface area contributed by atoms with Gasteiger partial charge in [-0.15, -0.1) is 0 Å². The van der Waals surface area contributed by atoms with Crippen molar-refractivity contribution in [2.24, 2.45) is 0 Å². The minimum Gasteiger partial charge on any atom is -0.457 e. The summed E-state index contributed by atoms with van der Waals surface area (Å²) in [7, 11) is 5.71. The maximum Gasteiger partial charge on any atom is 0.323 e. The maximum atomic E-state index is 12.7. The van der Waals surface area contributed by atoms with E-state index in [0.717, 1.165) is 18.5 Å². The molecule has 228 valence electrons. The van der Waals surface area contributed by atoms with Crippen LogP contribution in [0, 0.1) is 0 Å². The molecule has 2 aliphatic rings. The van der Waals surface area contributed by atoms with E-state index in [2.05, 4.69) is 25.5 Å². The van der Waals surface area contributed by atoms with Gasteiger partial charge < -0.3 is 39.5 Å². The van der Waals surface area contributed by atoms with Gasteiger partial charge in [0.2, 0.25) is 5.95 Å². The van der Waals surface area contributed by atoms with E-state index in [-0.39, 0.29) is 18.0 Å². The summed E-state index contributed by atoms with van der Waals surface area (Å²) in [5.41, 5.74) is 2.48. The highest BCUT2D eigenvalue weighted by atomic mass is 16.6. The lowest BCUT2D eigenvalue weighted by atomic mass is 10.2. The van der Waals surface area contributed by atoms with Gasteiger partial charge in [-0.05, 0) is 62.6 Å². The highest BCUT2D eigenvalue weighted by Gasteiger charge is 2.22. The Morgan fingerprint density at radius 1 is 0.884 bits per heavy atom. The number of nitrogens with zero attached hydrogens (tertiary/aromatic N) is 6. The lowest BCUT2D eigenvalue weighted by molar-refractivity contribution is 0.0786. The van der Waals surface area contributed by atoms with Crippen molar-refractivity contribution in [2.75, 3.05) is 89.3 Å². The second-order valence-electron chi connectivity index (χ2n) is 10.7. The molecule has 0 spiro atoms. The second-order valence-corrected chi connectivity index (χ2v) is 10.7. The van der Waals surface area contributed by atoms with E-state index < -0.39 is 6.03 Å². The lowest BCUT2D eigenvalue weighted by Crippen LogP contribution is -2.37. The fourth-order valence-corrected chi connectivity index (χ4v) is 4.55. The molecule has 3 amide bonds. The zero-order valence-electron chi connectivity index (χ0n) is 24.8. The van der Waals surface area contributed by atoms with E-state index in [1.165, 1.54) is 0 Å². The number of amides is 3. The number of anilines is 3. The fourth-order valence-electron chi connectivity index (χ4n) is 4.55. The number of carbonyl (C=O) groups excluding carboxylic acids is 2. The Morgan fingerprint density at radius 3 is 2.19 bits per heavy atom. The van der Waals surface area contributed by atoms with Crippen molar-refractivity contribution in [2.45, 2.75) is 12.5 Å². The number of rotatable bonds is 10. The summed E-state index contributed by atoms with van der Waals surface area (Å²) in [6, 6.07) is 13.9. The summed E-state index contributed by atoms with van der Waals surface area (Å²) < 4.78 is 16.9. The maximum absolute atomic E-state index is 12.7. The summed E-state index contributed by atoms with van der Waals surface area (Å²) in [4.78, 5) is 44.9. The molecule has 3 aromatic rings. The summed E-state index contributed by atoms with van der Waals surface area (Å²) >= 11 is 0. The Morgan fingerprint density at radius 2 is 1.56 bits per heavy atom. The first kappa shape index (κ1) is 30.1. The Kier molecular flexibility index (Phi) is 9.97. The fraction of sp³-hybridized carbons (Fsp3) is 0.433. The Bertz CT molecular complexity index is 1370. The van der Waals surface area contributed by atoms with Crippen LogP contribution in [0.5, 0.6) is 6.01 Å². The van der Waals surface area contributed by atoms with Gasteiger partial charge in [0.05, 0.1) is 26.4 Å². The molecule has 2 aromatic carbocycles. The quantitative estimate of drug-likeness (QED) is 0.363. The molecular formula is C30H38N8O5. The van der Waals surface area contributed by atoms with Crippen LogP contribution in [-0.2, 0) is 9.47 Å². The minimum atomic E-state index is -0.404. The van der Waals surface area contributed by atoms with Crippen LogP contribution in [0.1, 0.15) is 16.8 Å². The third-order valence-corrected chi connectivity index (χ3v) is 7.08. The number of morpholine rings is 1. The molecule has 2 aliphatic heterocycles. The molecule has 2 fully saturated rings. The smallest absolute Gasteiger partial charge is 0.323 e. The number of benzene rings is 2. The second kappa shape index (κ2) is 14.2. The van der Waals surface area contributed by atoms with Gasteiger partial charge in [0.25, 0.3) is 5.91 Å². The van der Waals surface area contributed by atoms with Crippen LogP contribution in [0.4, 0.5) is 22.1 Å². The molecule has 0 saturated carbocycles. The molecule has 5 rings (SSSR count). The van der Waals surface area contributed by atoms with Gasteiger partial charge in [-0.3, -0.25) is 4.79 Å². The van der Waals surface area contributed by atoms with Gasteiger partial charge in [0.15, 0.2) is 5.82 Å². The van der Waals surface area contributed by atoms with E-state index in [0.29, 0.717) is 74.8 Å². The predicted octanol–water partition coefficient (Wildman–Crippen LogP) is 2.82. The molecule has 43 heavy (non-hydrogen) atoms. The van der Waals surface area contributed by atoms with Gasteiger partial charge in [-0.25, -0.2) is 4.79 Å². The summed E-state index contributed by atoms with van der Waals surface area (Å²) in [6.45, 7) is 5.13. The van der Waals surface area contributed by atoms with E-state index in [1.807, 2.05) is 31.1 Å². The highest BCUT2D eigenvalue weighted by molar-refractivity contribution is 6.00. The standard InChI is InChI=1S/C30H38N8O5/c1-36(2)13-14-37(3)27(39)22-6-10-24(11-7-22)32-29(40)31-23-8-4-21(5-9-23)26-33-28(38-15-18-41-19-16-38)35-30(34-26)43-25-12-17-42-20-25/h4-11,25H,12-20H2,1-3H3,(H2,31,32,40). The lowest BCUT2D eigenvalue weighted by Gasteiger charge is -2.27. The minimum absolute atomic E-state index is 0.0700. The van der Waals surface area contributed by atoms with Gasteiger partial charge in [0, 0.05) is 62.1 Å². The van der Waals surface area contributed by atoms with Crippen LogP contribution in [0.2, 0.25) is 0 Å². The normalized spacial score (nSPS) is 16.7. The number of carbonyl (C=O) groups is 2. The summed E-state index contributed by atoms with van der Waals surface area (Å²) in [6.07, 6.45) is 0.691. The zero-order valence-corrected chi connectivity index (χ0v) is 24.8. The monoisotopic (exact) mass is 590 g/mol. The average Bonchev–Trinajstić information content (AvgIpc) is 3.53. The molecule has 1 atom stereocenters. The van der Waals surface area contributed by atoms with Crippen molar-refractivity contribution >= 4 is 29.3 Å². The number of ether oxygens (including phenoxy) is 3. The van der Waals surface area contributed by atoms with Crippen molar-refractivity contribution in [1.29, 1.82) is 0 Å². The highest BCUT2D eigenvalue weighted by Crippen LogP contribution is 2.24. The Hall–Kier alpha value is -4.33. The van der Waals surface area contributed by atoms with Gasteiger partial charge in [0.1, 0.15) is 6.10 Å². The van der Waals surface area contributed by atoms with Crippen LogP contribution in [0.3, 0.4) is 0 Å². The first-order valence-corrected chi connectivity index (χ1v) is 14.4. The van der Waals surface area contributed by atoms with Gasteiger partial charge in [-0.1, -0.05) is 0 Å². The molecule has 1 aromatic heterocycles. The molecule has 0 bridgehead atoms. The van der Waals surface area contributed by atoms with Crippen LogP contribution < -0.4 is 20.3 Å². The molecule has 13 nitrogen and oxygen atoms in total. The zero-order chi connectivity index (χ0) is 30.2. The SMILES string of the molecule is CN(C)CCN(C)C(=O)c1ccc(NC(=O)Nc2ccc(-c3nc(OC4CCOC4)nc(N4CCOCC4)n3)cc2)cc1.